The standard InChI is InChI=1S/C23H22N2O4/c1-3-27-21-10-5-9-17-19-14-18(20-11-6-12-28-20)24-25(19)23(29-22(17)21)15-7-4-8-16(13-15)26-2/h4-13,19,23H,3,14H2,1-2H3. The molecule has 29 heavy (non-hydrogen) atoms. The van der Waals surface area contributed by atoms with E-state index in [9.17, 15) is 0 Å². The Hall–Kier alpha value is -3.41. The van der Waals surface area contributed by atoms with Crippen molar-refractivity contribution in [3.8, 4) is 17.2 Å². The van der Waals surface area contributed by atoms with Gasteiger partial charge in [0.15, 0.2) is 11.5 Å². The second kappa shape index (κ2) is 7.20. The van der Waals surface area contributed by atoms with Crippen molar-refractivity contribution in [1.82, 2.24) is 5.01 Å². The molecule has 0 radical (unpaired) electrons. The van der Waals surface area contributed by atoms with Gasteiger partial charge in [-0.3, -0.25) is 0 Å². The van der Waals surface area contributed by atoms with Crippen molar-refractivity contribution < 1.29 is 18.6 Å². The minimum absolute atomic E-state index is 0.0375. The summed E-state index contributed by atoms with van der Waals surface area (Å²) in [5.41, 5.74) is 2.95. The Kier molecular flexibility index (Phi) is 4.39. The summed E-state index contributed by atoms with van der Waals surface area (Å²) in [4.78, 5) is 0. The summed E-state index contributed by atoms with van der Waals surface area (Å²) in [5, 5.41) is 6.91. The third kappa shape index (κ3) is 3.01. The number of ether oxygens (including phenoxy) is 3. The molecule has 3 aromatic rings. The van der Waals surface area contributed by atoms with Gasteiger partial charge in [-0.25, -0.2) is 5.01 Å². The van der Waals surface area contributed by atoms with Gasteiger partial charge in [-0.05, 0) is 37.3 Å². The van der Waals surface area contributed by atoms with Crippen LogP contribution in [0.2, 0.25) is 0 Å². The second-order valence-electron chi connectivity index (χ2n) is 6.98. The van der Waals surface area contributed by atoms with Crippen LogP contribution in [-0.4, -0.2) is 24.4 Å². The Balaban J connectivity index is 1.62. The minimum atomic E-state index is -0.392. The van der Waals surface area contributed by atoms with Crippen LogP contribution in [0.5, 0.6) is 17.2 Å². The van der Waals surface area contributed by atoms with Crippen LogP contribution in [0, 0.1) is 0 Å². The summed E-state index contributed by atoms with van der Waals surface area (Å²) >= 11 is 0. The molecule has 2 unspecified atom stereocenters. The molecule has 148 valence electrons. The first kappa shape index (κ1) is 17.7. The van der Waals surface area contributed by atoms with E-state index < -0.39 is 6.23 Å². The summed E-state index contributed by atoms with van der Waals surface area (Å²) < 4.78 is 23.4. The molecular formula is C23H22N2O4. The Bertz CT molecular complexity index is 1040. The lowest BCUT2D eigenvalue weighted by molar-refractivity contribution is -0.0213. The Morgan fingerprint density at radius 2 is 2.03 bits per heavy atom. The zero-order valence-corrected chi connectivity index (χ0v) is 16.4. The van der Waals surface area contributed by atoms with E-state index in [-0.39, 0.29) is 6.04 Å². The molecule has 0 saturated heterocycles. The van der Waals surface area contributed by atoms with Crippen LogP contribution < -0.4 is 14.2 Å². The normalized spacial score (nSPS) is 19.8. The first-order valence-corrected chi connectivity index (χ1v) is 9.74. The molecule has 6 heteroatoms. The van der Waals surface area contributed by atoms with E-state index in [1.165, 1.54) is 0 Å². The third-order valence-corrected chi connectivity index (χ3v) is 5.26. The third-order valence-electron chi connectivity index (χ3n) is 5.26. The summed E-state index contributed by atoms with van der Waals surface area (Å²) in [6.45, 7) is 2.55. The van der Waals surface area contributed by atoms with Crippen LogP contribution in [0.15, 0.2) is 70.4 Å². The average Bonchev–Trinajstić information content (AvgIpc) is 3.44. The van der Waals surface area contributed by atoms with Gasteiger partial charge in [-0.15, -0.1) is 0 Å². The number of fused-ring (bicyclic) bond motifs is 3. The number of nitrogens with zero attached hydrogens (tertiary/aromatic N) is 2. The van der Waals surface area contributed by atoms with Gasteiger partial charge in [0, 0.05) is 17.5 Å². The number of hydrazone groups is 1. The van der Waals surface area contributed by atoms with Gasteiger partial charge in [-0.2, -0.15) is 5.10 Å². The highest BCUT2D eigenvalue weighted by Gasteiger charge is 2.42. The molecule has 2 aromatic carbocycles. The molecule has 5 rings (SSSR count). The van der Waals surface area contributed by atoms with E-state index in [4.69, 9.17) is 23.7 Å². The number of furan rings is 1. The van der Waals surface area contributed by atoms with Gasteiger partial charge < -0.3 is 18.6 Å². The lowest BCUT2D eigenvalue weighted by Gasteiger charge is -2.38. The van der Waals surface area contributed by atoms with Gasteiger partial charge in [0.2, 0.25) is 6.23 Å². The van der Waals surface area contributed by atoms with Crippen molar-refractivity contribution in [2.24, 2.45) is 5.10 Å². The number of hydrogen-bond acceptors (Lipinski definition) is 6. The first-order valence-electron chi connectivity index (χ1n) is 9.74. The van der Waals surface area contributed by atoms with E-state index in [2.05, 4.69) is 6.07 Å². The predicted molar refractivity (Wildman–Crippen MR) is 108 cm³/mol. The fourth-order valence-electron chi connectivity index (χ4n) is 3.96. The average molecular weight is 390 g/mol. The van der Waals surface area contributed by atoms with Gasteiger partial charge in [0.1, 0.15) is 17.2 Å². The largest absolute Gasteiger partial charge is 0.497 e. The van der Waals surface area contributed by atoms with Gasteiger partial charge in [0.05, 0.1) is 26.0 Å². The van der Waals surface area contributed by atoms with Crippen molar-refractivity contribution in [3.63, 3.8) is 0 Å². The number of hydrogen-bond donors (Lipinski definition) is 0. The molecule has 6 nitrogen and oxygen atoms in total. The van der Waals surface area contributed by atoms with Crippen LogP contribution in [-0.2, 0) is 0 Å². The molecular weight excluding hydrogens is 368 g/mol. The SMILES string of the molecule is CCOc1cccc2c1OC(c1cccc(OC)c1)N1N=C(c3ccco3)CC21. The number of methoxy groups -OCH3 is 1. The highest BCUT2D eigenvalue weighted by molar-refractivity contribution is 5.99. The zero-order chi connectivity index (χ0) is 19.8. The second-order valence-corrected chi connectivity index (χ2v) is 6.98. The molecule has 0 bridgehead atoms. The highest BCUT2D eigenvalue weighted by Crippen LogP contribution is 2.50. The molecule has 0 aliphatic carbocycles. The van der Waals surface area contributed by atoms with Crippen LogP contribution in [0.1, 0.15) is 42.5 Å². The molecule has 0 N–H and O–H groups in total. The Morgan fingerprint density at radius 3 is 2.83 bits per heavy atom. The van der Waals surface area contributed by atoms with E-state index in [1.807, 2.05) is 60.5 Å². The van der Waals surface area contributed by atoms with Crippen LogP contribution in [0.25, 0.3) is 0 Å². The maximum absolute atomic E-state index is 6.49. The summed E-state index contributed by atoms with van der Waals surface area (Å²) in [7, 11) is 1.66. The maximum Gasteiger partial charge on any atom is 0.214 e. The van der Waals surface area contributed by atoms with E-state index in [1.54, 1.807) is 13.4 Å². The van der Waals surface area contributed by atoms with Crippen molar-refractivity contribution in [2.45, 2.75) is 25.6 Å². The predicted octanol–water partition coefficient (Wildman–Crippen LogP) is 4.93. The van der Waals surface area contributed by atoms with Crippen molar-refractivity contribution in [2.75, 3.05) is 13.7 Å². The highest BCUT2D eigenvalue weighted by atomic mass is 16.5. The summed E-state index contributed by atoms with van der Waals surface area (Å²) in [6.07, 6.45) is 2.02. The number of benzene rings is 2. The van der Waals surface area contributed by atoms with E-state index in [0.29, 0.717) is 6.61 Å². The molecule has 0 amide bonds. The summed E-state index contributed by atoms with van der Waals surface area (Å²) in [6, 6.07) is 17.8. The fraction of sp³-hybridized carbons (Fsp3) is 0.261. The summed E-state index contributed by atoms with van der Waals surface area (Å²) in [5.74, 6) is 3.09. The minimum Gasteiger partial charge on any atom is -0.497 e. The molecule has 0 spiro atoms. The molecule has 2 aliphatic rings. The van der Waals surface area contributed by atoms with Gasteiger partial charge in [0.25, 0.3) is 0 Å². The quantitative estimate of drug-likeness (QED) is 0.618. The Morgan fingerprint density at radius 1 is 1.14 bits per heavy atom. The fourth-order valence-corrected chi connectivity index (χ4v) is 3.96. The van der Waals surface area contributed by atoms with Gasteiger partial charge >= 0.3 is 0 Å². The lowest BCUT2D eigenvalue weighted by atomic mass is 9.97. The topological polar surface area (TPSA) is 56.4 Å². The Labute approximate surface area is 169 Å². The van der Waals surface area contributed by atoms with Gasteiger partial charge in [-0.1, -0.05) is 24.3 Å². The molecule has 2 atom stereocenters. The van der Waals surface area contributed by atoms with Crippen LogP contribution in [0.3, 0.4) is 0 Å². The molecule has 0 fully saturated rings. The van der Waals surface area contributed by atoms with Crippen molar-refractivity contribution >= 4 is 5.71 Å². The zero-order valence-electron chi connectivity index (χ0n) is 16.4. The first-order chi connectivity index (χ1) is 14.3. The number of rotatable bonds is 5. The monoisotopic (exact) mass is 390 g/mol. The molecule has 3 heterocycles. The smallest absolute Gasteiger partial charge is 0.214 e. The van der Waals surface area contributed by atoms with E-state index >= 15 is 0 Å². The molecule has 2 aliphatic heterocycles. The number of para-hydroxylation sites is 1. The lowest BCUT2D eigenvalue weighted by Crippen LogP contribution is -2.34. The molecule has 1 aromatic heterocycles. The maximum atomic E-state index is 6.49. The van der Waals surface area contributed by atoms with Crippen molar-refractivity contribution in [3.05, 3.63) is 77.7 Å². The van der Waals surface area contributed by atoms with Crippen molar-refractivity contribution in [1.29, 1.82) is 0 Å². The molecule has 0 saturated carbocycles. The van der Waals surface area contributed by atoms with Crippen LogP contribution >= 0.6 is 0 Å². The van der Waals surface area contributed by atoms with E-state index in [0.717, 1.165) is 46.3 Å². The van der Waals surface area contributed by atoms with Crippen LogP contribution in [0.4, 0.5) is 0 Å².